The molecule has 2 heterocycles. The summed E-state index contributed by atoms with van der Waals surface area (Å²) in [5, 5.41) is 13.0. The molecule has 1 aromatic carbocycles. The normalized spacial score (nSPS) is 11.0. The first-order valence-corrected chi connectivity index (χ1v) is 9.74. The van der Waals surface area contributed by atoms with Crippen LogP contribution < -0.4 is 5.32 Å². The summed E-state index contributed by atoms with van der Waals surface area (Å²) in [7, 11) is 1.84. The number of benzene rings is 1. The summed E-state index contributed by atoms with van der Waals surface area (Å²) >= 11 is 3.15. The summed E-state index contributed by atoms with van der Waals surface area (Å²) in [5.74, 6) is 0.918. The summed E-state index contributed by atoms with van der Waals surface area (Å²) in [6.07, 6.45) is 1.98. The van der Waals surface area contributed by atoms with Gasteiger partial charge in [-0.1, -0.05) is 18.2 Å². The lowest BCUT2D eigenvalue weighted by Crippen LogP contribution is -2.30. The van der Waals surface area contributed by atoms with Gasteiger partial charge in [0.15, 0.2) is 0 Å². The Hall–Kier alpha value is -2.16. The molecule has 0 fully saturated rings. The number of aromatic nitrogens is 2. The van der Waals surface area contributed by atoms with Crippen molar-refractivity contribution in [1.82, 2.24) is 15.1 Å². The van der Waals surface area contributed by atoms with Crippen LogP contribution in [0.15, 0.2) is 51.1 Å². The monoisotopic (exact) mass is 374 g/mol. The standard InChI is InChI=1S/C17H18N4O2S2/c1-21(10-15(22)18-12-6-3-4-7-13(12)24-2)11-16-19-20-17(23-16)14-8-5-9-25-14/h3-9H,10-11H2,1-2H3,(H,18,22). The zero-order valence-electron chi connectivity index (χ0n) is 13.9. The number of carbonyl (C=O) groups is 1. The van der Waals surface area contributed by atoms with Gasteiger partial charge >= 0.3 is 0 Å². The third kappa shape index (κ3) is 4.68. The Kier molecular flexibility index (Phi) is 5.85. The Labute approximate surface area is 154 Å². The van der Waals surface area contributed by atoms with Crippen LogP contribution in [-0.4, -0.2) is 40.9 Å². The molecule has 0 aliphatic rings. The molecule has 8 heteroatoms. The molecule has 3 rings (SSSR count). The first-order chi connectivity index (χ1) is 12.2. The van der Waals surface area contributed by atoms with E-state index in [0.29, 0.717) is 18.3 Å². The van der Waals surface area contributed by atoms with Crippen molar-refractivity contribution < 1.29 is 9.21 Å². The van der Waals surface area contributed by atoms with E-state index in [9.17, 15) is 4.79 Å². The number of likely N-dealkylation sites (N-methyl/N-ethyl adjacent to an activating group) is 1. The van der Waals surface area contributed by atoms with E-state index in [-0.39, 0.29) is 12.5 Å². The molecule has 0 radical (unpaired) electrons. The molecule has 0 aliphatic carbocycles. The second-order valence-corrected chi connectivity index (χ2v) is 7.19. The van der Waals surface area contributed by atoms with Crippen molar-refractivity contribution in [2.75, 3.05) is 25.2 Å². The third-order valence-electron chi connectivity index (χ3n) is 3.40. The first-order valence-electron chi connectivity index (χ1n) is 7.63. The van der Waals surface area contributed by atoms with Crippen molar-refractivity contribution in [1.29, 1.82) is 0 Å². The molecule has 130 valence electrons. The number of hydrogen-bond acceptors (Lipinski definition) is 7. The van der Waals surface area contributed by atoms with Crippen LogP contribution in [0, 0.1) is 0 Å². The number of rotatable bonds is 7. The van der Waals surface area contributed by atoms with Crippen molar-refractivity contribution >= 4 is 34.7 Å². The minimum Gasteiger partial charge on any atom is -0.419 e. The number of anilines is 1. The van der Waals surface area contributed by atoms with Gasteiger partial charge in [0.1, 0.15) is 0 Å². The highest BCUT2D eigenvalue weighted by Gasteiger charge is 2.14. The Morgan fingerprint density at radius 2 is 2.12 bits per heavy atom. The Balaban J connectivity index is 1.55. The van der Waals surface area contributed by atoms with Crippen molar-refractivity contribution in [3.05, 3.63) is 47.7 Å². The van der Waals surface area contributed by atoms with Crippen molar-refractivity contribution in [2.24, 2.45) is 0 Å². The molecule has 3 aromatic rings. The minimum atomic E-state index is -0.0815. The van der Waals surface area contributed by atoms with E-state index in [1.807, 2.05) is 60.0 Å². The van der Waals surface area contributed by atoms with Crippen molar-refractivity contribution in [3.8, 4) is 10.8 Å². The van der Waals surface area contributed by atoms with Gasteiger partial charge in [0.2, 0.25) is 11.8 Å². The second-order valence-electron chi connectivity index (χ2n) is 5.40. The quantitative estimate of drug-likeness (QED) is 0.637. The SMILES string of the molecule is CSc1ccccc1NC(=O)CN(C)Cc1nnc(-c2cccs2)o1. The summed E-state index contributed by atoms with van der Waals surface area (Å²) in [6, 6.07) is 11.6. The molecule has 0 spiro atoms. The average molecular weight is 374 g/mol. The van der Waals surface area contributed by atoms with Gasteiger partial charge in [0.25, 0.3) is 5.89 Å². The number of carbonyl (C=O) groups excluding carboxylic acids is 1. The Morgan fingerprint density at radius 3 is 2.88 bits per heavy atom. The van der Waals surface area contributed by atoms with Gasteiger partial charge in [-0.25, -0.2) is 0 Å². The summed E-state index contributed by atoms with van der Waals surface area (Å²) in [4.78, 5) is 16.1. The molecular formula is C17H18N4O2S2. The number of para-hydroxylation sites is 1. The van der Waals surface area contributed by atoms with Crippen LogP contribution in [0.3, 0.4) is 0 Å². The Bertz CT molecular complexity index is 833. The second kappa shape index (κ2) is 8.28. The van der Waals surface area contributed by atoms with E-state index in [4.69, 9.17) is 4.42 Å². The molecule has 0 atom stereocenters. The lowest BCUT2D eigenvalue weighted by atomic mass is 10.3. The predicted octanol–water partition coefficient (Wildman–Crippen LogP) is 3.59. The van der Waals surface area contributed by atoms with Gasteiger partial charge in [-0.3, -0.25) is 9.69 Å². The molecule has 0 saturated carbocycles. The molecule has 1 N–H and O–H groups in total. The van der Waals surface area contributed by atoms with Gasteiger partial charge in [0, 0.05) is 4.90 Å². The predicted molar refractivity (Wildman–Crippen MR) is 101 cm³/mol. The van der Waals surface area contributed by atoms with E-state index in [0.717, 1.165) is 15.5 Å². The maximum Gasteiger partial charge on any atom is 0.257 e. The number of hydrogen-bond donors (Lipinski definition) is 1. The van der Waals surface area contributed by atoms with E-state index in [1.165, 1.54) is 0 Å². The van der Waals surface area contributed by atoms with Crippen LogP contribution in [-0.2, 0) is 11.3 Å². The van der Waals surface area contributed by atoms with Crippen LogP contribution in [0.4, 0.5) is 5.69 Å². The molecule has 1 amide bonds. The number of thioether (sulfide) groups is 1. The van der Waals surface area contributed by atoms with Crippen molar-refractivity contribution in [2.45, 2.75) is 11.4 Å². The maximum atomic E-state index is 12.2. The topological polar surface area (TPSA) is 71.3 Å². The average Bonchev–Trinajstić information content (AvgIpc) is 3.26. The third-order valence-corrected chi connectivity index (χ3v) is 5.05. The Morgan fingerprint density at radius 1 is 1.28 bits per heavy atom. The fourth-order valence-corrected chi connectivity index (χ4v) is 3.48. The highest BCUT2D eigenvalue weighted by atomic mass is 32.2. The van der Waals surface area contributed by atoms with Gasteiger partial charge < -0.3 is 9.73 Å². The van der Waals surface area contributed by atoms with E-state index < -0.39 is 0 Å². The van der Waals surface area contributed by atoms with Gasteiger partial charge in [-0.2, -0.15) is 0 Å². The number of nitrogens with one attached hydrogen (secondary N) is 1. The molecule has 0 saturated heterocycles. The molecular weight excluding hydrogens is 356 g/mol. The summed E-state index contributed by atoms with van der Waals surface area (Å²) in [6.45, 7) is 0.648. The number of thiophene rings is 1. The zero-order chi connectivity index (χ0) is 17.6. The maximum absolute atomic E-state index is 12.2. The molecule has 0 aliphatic heterocycles. The van der Waals surface area contributed by atoms with E-state index in [2.05, 4.69) is 15.5 Å². The van der Waals surface area contributed by atoms with Gasteiger partial charge in [-0.05, 0) is 36.9 Å². The largest absolute Gasteiger partial charge is 0.419 e. The first kappa shape index (κ1) is 17.7. The highest BCUT2D eigenvalue weighted by molar-refractivity contribution is 7.98. The van der Waals surface area contributed by atoms with E-state index >= 15 is 0 Å². The van der Waals surface area contributed by atoms with Crippen LogP contribution in [0.2, 0.25) is 0 Å². The summed E-state index contributed by atoms with van der Waals surface area (Å²) < 4.78 is 5.65. The van der Waals surface area contributed by atoms with Crippen LogP contribution in [0.25, 0.3) is 10.8 Å². The molecule has 0 bridgehead atoms. The van der Waals surface area contributed by atoms with Gasteiger partial charge in [-0.15, -0.1) is 33.3 Å². The van der Waals surface area contributed by atoms with Crippen LogP contribution >= 0.6 is 23.1 Å². The fraction of sp³-hybridized carbons (Fsp3) is 0.235. The molecule has 0 unspecified atom stereocenters. The minimum absolute atomic E-state index is 0.0815. The molecule has 6 nitrogen and oxygen atoms in total. The lowest BCUT2D eigenvalue weighted by Gasteiger charge is -2.15. The fourth-order valence-electron chi connectivity index (χ4n) is 2.29. The van der Waals surface area contributed by atoms with E-state index in [1.54, 1.807) is 23.1 Å². The number of amides is 1. The lowest BCUT2D eigenvalue weighted by molar-refractivity contribution is -0.117. The van der Waals surface area contributed by atoms with Crippen LogP contribution in [0.5, 0.6) is 0 Å². The number of nitrogens with zero attached hydrogens (tertiary/aromatic N) is 3. The van der Waals surface area contributed by atoms with Crippen molar-refractivity contribution in [3.63, 3.8) is 0 Å². The smallest absolute Gasteiger partial charge is 0.257 e. The highest BCUT2D eigenvalue weighted by Crippen LogP contribution is 2.25. The zero-order valence-corrected chi connectivity index (χ0v) is 15.6. The van der Waals surface area contributed by atoms with Gasteiger partial charge in [0.05, 0.1) is 23.7 Å². The molecule has 25 heavy (non-hydrogen) atoms. The molecule has 2 aromatic heterocycles. The summed E-state index contributed by atoms with van der Waals surface area (Å²) in [5.41, 5.74) is 0.825. The van der Waals surface area contributed by atoms with Crippen LogP contribution in [0.1, 0.15) is 5.89 Å².